The summed E-state index contributed by atoms with van der Waals surface area (Å²) in [7, 11) is 0. The van der Waals surface area contributed by atoms with Crippen LogP contribution in [0.1, 0.15) is 0 Å². The molecule has 0 aliphatic heterocycles. The van der Waals surface area contributed by atoms with Crippen LogP contribution in [0, 0.1) is 0 Å². The molecule has 0 amide bonds. The Balaban J connectivity index is 1.80. The molecule has 1 unspecified atom stereocenters. The highest BCUT2D eigenvalue weighted by Crippen LogP contribution is 2.24. The Labute approximate surface area is 161 Å². The molecule has 0 saturated carbocycles. The first-order chi connectivity index (χ1) is 12.7. The van der Waals surface area contributed by atoms with Gasteiger partial charge in [0.1, 0.15) is 24.2 Å². The molecule has 10 heteroatoms. The number of alkyl halides is 3. The second-order valence-corrected chi connectivity index (χ2v) is 6.17. The van der Waals surface area contributed by atoms with Crippen molar-refractivity contribution in [2.24, 2.45) is 10.7 Å². The van der Waals surface area contributed by atoms with Gasteiger partial charge in [0, 0.05) is 5.69 Å². The van der Waals surface area contributed by atoms with Gasteiger partial charge in [0.2, 0.25) is 0 Å². The maximum Gasteiger partial charge on any atom is 0.573 e. The van der Waals surface area contributed by atoms with E-state index in [0.717, 1.165) is 16.6 Å². The molecule has 4 N–H and O–H groups in total. The predicted octanol–water partition coefficient (Wildman–Crippen LogP) is 3.51. The van der Waals surface area contributed by atoms with Crippen molar-refractivity contribution in [1.29, 1.82) is 0 Å². The van der Waals surface area contributed by atoms with Crippen LogP contribution in [-0.4, -0.2) is 36.7 Å². The molecule has 0 saturated heterocycles. The van der Waals surface area contributed by atoms with Crippen LogP contribution in [0.4, 0.5) is 18.9 Å². The Morgan fingerprint density at radius 1 is 1.19 bits per heavy atom. The number of nitrogens with one attached hydrogen (secondary N) is 1. The van der Waals surface area contributed by atoms with Gasteiger partial charge in [-0.1, -0.05) is 12.1 Å². The first kappa shape index (κ1) is 20.8. The zero-order chi connectivity index (χ0) is 19.9. The largest absolute Gasteiger partial charge is 0.573 e. The van der Waals surface area contributed by atoms with Gasteiger partial charge in [-0.3, -0.25) is 4.99 Å². The van der Waals surface area contributed by atoms with Crippen molar-refractivity contribution >= 4 is 27.6 Å². The van der Waals surface area contributed by atoms with E-state index in [1.165, 1.54) is 12.1 Å². The minimum Gasteiger partial charge on any atom is -0.490 e. The van der Waals surface area contributed by atoms with E-state index in [1.807, 2.05) is 12.1 Å². The van der Waals surface area contributed by atoms with Crippen molar-refractivity contribution in [2.45, 2.75) is 12.5 Å². The van der Waals surface area contributed by atoms with Crippen LogP contribution in [0.5, 0.6) is 11.5 Å². The maximum absolute atomic E-state index is 12.1. The molecule has 0 radical (unpaired) electrons. The molecule has 6 nitrogen and oxygen atoms in total. The molecule has 0 bridgehead atoms. The van der Waals surface area contributed by atoms with E-state index in [1.54, 1.807) is 12.1 Å². The Hall–Kier alpha value is -2.46. The van der Waals surface area contributed by atoms with Gasteiger partial charge in [0.25, 0.3) is 0 Å². The fourth-order valence-electron chi connectivity index (χ4n) is 1.93. The fourth-order valence-corrected chi connectivity index (χ4v) is 2.33. The SMILES string of the molecule is NC(=NCC(O)COc1ccccc1Br)Nc1ccc(OC(F)(F)F)cc1. The fraction of sp³-hybridized carbons (Fsp3) is 0.235. The molecule has 0 aliphatic rings. The second-order valence-electron chi connectivity index (χ2n) is 5.32. The number of para-hydroxylation sites is 1. The van der Waals surface area contributed by atoms with Crippen molar-refractivity contribution in [3.8, 4) is 11.5 Å². The highest BCUT2D eigenvalue weighted by molar-refractivity contribution is 9.10. The number of ether oxygens (including phenoxy) is 2. The molecular weight excluding hydrogens is 431 g/mol. The molecule has 0 spiro atoms. The van der Waals surface area contributed by atoms with Crippen LogP contribution in [0.3, 0.4) is 0 Å². The highest BCUT2D eigenvalue weighted by Gasteiger charge is 2.30. The summed E-state index contributed by atoms with van der Waals surface area (Å²) >= 11 is 3.33. The van der Waals surface area contributed by atoms with E-state index in [0.29, 0.717) is 11.4 Å². The lowest BCUT2D eigenvalue weighted by molar-refractivity contribution is -0.274. The van der Waals surface area contributed by atoms with Gasteiger partial charge in [-0.2, -0.15) is 0 Å². The van der Waals surface area contributed by atoms with Gasteiger partial charge in [-0.05, 0) is 52.3 Å². The summed E-state index contributed by atoms with van der Waals surface area (Å²) in [4.78, 5) is 3.97. The van der Waals surface area contributed by atoms with Crippen molar-refractivity contribution in [2.75, 3.05) is 18.5 Å². The van der Waals surface area contributed by atoms with E-state index >= 15 is 0 Å². The molecular formula is C17H17BrF3N3O3. The quantitative estimate of drug-likeness (QED) is 0.446. The molecule has 0 aromatic heterocycles. The number of nitrogens with two attached hydrogens (primary N) is 1. The highest BCUT2D eigenvalue weighted by atomic mass is 79.9. The number of nitrogens with zero attached hydrogens (tertiary/aromatic N) is 1. The van der Waals surface area contributed by atoms with Gasteiger partial charge < -0.3 is 25.6 Å². The molecule has 1 atom stereocenters. The Kier molecular flexibility index (Phi) is 7.31. The van der Waals surface area contributed by atoms with E-state index in [9.17, 15) is 18.3 Å². The third-order valence-electron chi connectivity index (χ3n) is 3.10. The predicted molar refractivity (Wildman–Crippen MR) is 98.9 cm³/mol. The number of aliphatic hydroxyl groups excluding tert-OH is 1. The monoisotopic (exact) mass is 447 g/mol. The molecule has 146 valence electrons. The third-order valence-corrected chi connectivity index (χ3v) is 3.76. The molecule has 0 heterocycles. The summed E-state index contributed by atoms with van der Waals surface area (Å²) in [6, 6.07) is 12.2. The molecule has 0 aliphatic carbocycles. The summed E-state index contributed by atoms with van der Waals surface area (Å²) in [5.41, 5.74) is 6.11. The summed E-state index contributed by atoms with van der Waals surface area (Å²) in [6.07, 6.45) is -5.64. The number of rotatable bonds is 7. The lowest BCUT2D eigenvalue weighted by Gasteiger charge is -2.12. The van der Waals surface area contributed by atoms with Gasteiger partial charge in [-0.25, -0.2) is 0 Å². The number of guanidine groups is 1. The molecule has 2 rings (SSSR count). The normalized spacial score (nSPS) is 13.1. The number of hydrogen-bond donors (Lipinski definition) is 3. The van der Waals surface area contributed by atoms with E-state index < -0.39 is 12.5 Å². The first-order valence-electron chi connectivity index (χ1n) is 7.71. The van der Waals surface area contributed by atoms with E-state index in [4.69, 9.17) is 10.5 Å². The molecule has 27 heavy (non-hydrogen) atoms. The lowest BCUT2D eigenvalue weighted by Crippen LogP contribution is -2.27. The Morgan fingerprint density at radius 2 is 1.85 bits per heavy atom. The first-order valence-corrected chi connectivity index (χ1v) is 8.50. The van der Waals surface area contributed by atoms with Crippen molar-refractivity contribution < 1.29 is 27.8 Å². The molecule has 2 aromatic carbocycles. The average molecular weight is 448 g/mol. The van der Waals surface area contributed by atoms with Crippen LogP contribution < -0.4 is 20.5 Å². The Morgan fingerprint density at radius 3 is 2.48 bits per heavy atom. The van der Waals surface area contributed by atoms with Gasteiger partial charge >= 0.3 is 6.36 Å². The van der Waals surface area contributed by atoms with Crippen LogP contribution in [0.15, 0.2) is 58.0 Å². The summed E-state index contributed by atoms with van der Waals surface area (Å²) < 4.78 is 46.3. The topological polar surface area (TPSA) is 89.1 Å². The lowest BCUT2D eigenvalue weighted by atomic mass is 10.3. The van der Waals surface area contributed by atoms with E-state index in [-0.39, 0.29) is 24.9 Å². The van der Waals surface area contributed by atoms with E-state index in [2.05, 4.69) is 31.0 Å². The summed E-state index contributed by atoms with van der Waals surface area (Å²) in [5.74, 6) is 0.246. The average Bonchev–Trinajstić information content (AvgIpc) is 2.60. The Bertz CT molecular complexity index is 770. The smallest absolute Gasteiger partial charge is 0.490 e. The molecule has 0 fully saturated rings. The number of aliphatic hydroxyl groups is 1. The summed E-state index contributed by atoms with van der Waals surface area (Å²) in [5, 5.41) is 12.6. The van der Waals surface area contributed by atoms with Crippen molar-refractivity contribution in [3.05, 3.63) is 53.0 Å². The van der Waals surface area contributed by atoms with Crippen LogP contribution in [0.25, 0.3) is 0 Å². The van der Waals surface area contributed by atoms with Crippen LogP contribution >= 0.6 is 15.9 Å². The number of hydrogen-bond acceptors (Lipinski definition) is 4. The second kappa shape index (κ2) is 9.47. The minimum atomic E-state index is -4.75. The zero-order valence-corrected chi connectivity index (χ0v) is 15.5. The van der Waals surface area contributed by atoms with Gasteiger partial charge in [-0.15, -0.1) is 13.2 Å². The minimum absolute atomic E-state index is 0.000526. The van der Waals surface area contributed by atoms with Crippen molar-refractivity contribution in [3.63, 3.8) is 0 Å². The maximum atomic E-state index is 12.1. The van der Waals surface area contributed by atoms with Crippen LogP contribution in [0.2, 0.25) is 0 Å². The standard InChI is InChI=1S/C17H17BrF3N3O3/c18-14-3-1-2-4-15(14)26-10-12(25)9-23-16(22)24-11-5-7-13(8-6-11)27-17(19,20)21/h1-8,12,25H,9-10H2,(H3,22,23,24). The van der Waals surface area contributed by atoms with Crippen LogP contribution in [-0.2, 0) is 0 Å². The number of anilines is 1. The molecule has 2 aromatic rings. The summed E-state index contributed by atoms with van der Waals surface area (Å²) in [6.45, 7) is 0.00141. The van der Waals surface area contributed by atoms with Gasteiger partial charge in [0.05, 0.1) is 11.0 Å². The zero-order valence-electron chi connectivity index (χ0n) is 13.9. The van der Waals surface area contributed by atoms with Crippen molar-refractivity contribution in [1.82, 2.24) is 0 Å². The number of aliphatic imine (C=N–C) groups is 1. The number of benzene rings is 2. The number of halogens is 4. The van der Waals surface area contributed by atoms with Gasteiger partial charge in [0.15, 0.2) is 5.96 Å². The third kappa shape index (κ3) is 7.75.